The van der Waals surface area contributed by atoms with Gasteiger partial charge in [-0.25, -0.2) is 0 Å². The molecule has 0 unspecified atom stereocenters. The number of nitrogens with zero attached hydrogens (tertiary/aromatic N) is 1. The zero-order valence-corrected chi connectivity index (χ0v) is 20.2. The van der Waals surface area contributed by atoms with Crippen molar-refractivity contribution in [1.82, 2.24) is 4.90 Å². The minimum Gasteiger partial charge on any atom is -0.369 e. The second kappa shape index (κ2) is 17.8. The topological polar surface area (TPSA) is 3.24 Å². The third kappa shape index (κ3) is 13.0. The highest BCUT2D eigenvalue weighted by Crippen LogP contribution is 2.20. The third-order valence-corrected chi connectivity index (χ3v) is 5.39. The molecule has 0 aromatic rings. The van der Waals surface area contributed by atoms with Crippen LogP contribution in [0, 0.1) is 0 Å². The van der Waals surface area contributed by atoms with Gasteiger partial charge < -0.3 is 4.90 Å². The molecule has 28 heavy (non-hydrogen) atoms. The van der Waals surface area contributed by atoms with E-state index in [0.29, 0.717) is 6.04 Å². The van der Waals surface area contributed by atoms with Gasteiger partial charge in [-0.2, -0.15) is 0 Å². The Morgan fingerprint density at radius 3 is 1.79 bits per heavy atom. The van der Waals surface area contributed by atoms with Crippen LogP contribution in [-0.2, 0) is 0 Å². The van der Waals surface area contributed by atoms with Crippen LogP contribution in [0.15, 0.2) is 47.2 Å². The quantitative estimate of drug-likeness (QED) is 0.189. The monoisotopic (exact) mass is 387 g/mol. The largest absolute Gasteiger partial charge is 0.369 e. The Labute approximate surface area is 177 Å². The van der Waals surface area contributed by atoms with Crippen LogP contribution in [-0.4, -0.2) is 17.5 Å². The summed E-state index contributed by atoms with van der Waals surface area (Å²) in [5.74, 6) is 0. The van der Waals surface area contributed by atoms with Crippen LogP contribution in [0.2, 0.25) is 0 Å². The van der Waals surface area contributed by atoms with Crippen LogP contribution < -0.4 is 0 Å². The Morgan fingerprint density at radius 2 is 1.32 bits per heavy atom. The van der Waals surface area contributed by atoms with Crippen molar-refractivity contribution in [2.45, 2.75) is 119 Å². The standard InChI is InChI=1S/C27H49N/c1-8-11-12-13-14-15-16-17-18-19-23-28(24(4)5)27(10-3)26(7)22-21-25(6)20-9-2/h9-10,20-22,24H,8,11-19,23H2,1-7H3/b20-9+,25-21-,26-22+,27-10-. The maximum absolute atomic E-state index is 2.58. The normalized spacial score (nSPS) is 13.8. The summed E-state index contributed by atoms with van der Waals surface area (Å²) in [7, 11) is 0. The van der Waals surface area contributed by atoms with Gasteiger partial charge in [-0.1, -0.05) is 101 Å². The second-order valence-electron chi connectivity index (χ2n) is 8.40. The first-order valence-corrected chi connectivity index (χ1v) is 11.9. The van der Waals surface area contributed by atoms with Gasteiger partial charge in [0.1, 0.15) is 0 Å². The molecule has 0 bridgehead atoms. The molecule has 0 radical (unpaired) electrons. The first-order chi connectivity index (χ1) is 13.5. The summed E-state index contributed by atoms with van der Waals surface area (Å²) in [6, 6.07) is 0.536. The highest BCUT2D eigenvalue weighted by molar-refractivity contribution is 5.33. The Hall–Kier alpha value is -1.24. The van der Waals surface area contributed by atoms with Gasteiger partial charge in [-0.3, -0.25) is 0 Å². The van der Waals surface area contributed by atoms with Gasteiger partial charge in [0.05, 0.1) is 0 Å². The van der Waals surface area contributed by atoms with E-state index in [9.17, 15) is 0 Å². The number of rotatable bonds is 16. The summed E-state index contributed by atoms with van der Waals surface area (Å²) in [5.41, 5.74) is 4.03. The van der Waals surface area contributed by atoms with E-state index in [1.807, 2.05) is 0 Å². The third-order valence-electron chi connectivity index (χ3n) is 5.39. The van der Waals surface area contributed by atoms with E-state index in [0.717, 1.165) is 6.54 Å². The minimum atomic E-state index is 0.536. The summed E-state index contributed by atoms with van der Waals surface area (Å²) < 4.78 is 0. The molecule has 0 aliphatic carbocycles. The van der Waals surface area contributed by atoms with Gasteiger partial charge in [-0.05, 0) is 53.5 Å². The molecule has 0 aliphatic rings. The smallest absolute Gasteiger partial charge is 0.0354 e. The maximum atomic E-state index is 2.58. The summed E-state index contributed by atoms with van der Waals surface area (Å²) in [5, 5.41) is 0. The van der Waals surface area contributed by atoms with Crippen molar-refractivity contribution < 1.29 is 0 Å². The number of unbranched alkanes of at least 4 members (excludes halogenated alkanes) is 9. The number of allylic oxidation sites excluding steroid dienone is 7. The van der Waals surface area contributed by atoms with E-state index in [-0.39, 0.29) is 0 Å². The highest BCUT2D eigenvalue weighted by Gasteiger charge is 2.13. The minimum absolute atomic E-state index is 0.536. The van der Waals surface area contributed by atoms with Crippen LogP contribution in [0.25, 0.3) is 0 Å². The molecule has 1 nitrogen and oxygen atoms in total. The highest BCUT2D eigenvalue weighted by atomic mass is 15.2. The summed E-state index contributed by atoms with van der Waals surface area (Å²) in [6.07, 6.45) is 25.0. The lowest BCUT2D eigenvalue weighted by atomic mass is 10.1. The van der Waals surface area contributed by atoms with Crippen molar-refractivity contribution in [3.05, 3.63) is 47.2 Å². The van der Waals surface area contributed by atoms with Crippen molar-refractivity contribution >= 4 is 0 Å². The molecule has 0 spiro atoms. The fourth-order valence-corrected chi connectivity index (χ4v) is 3.71. The molecule has 0 amide bonds. The van der Waals surface area contributed by atoms with Crippen molar-refractivity contribution in [3.8, 4) is 0 Å². The van der Waals surface area contributed by atoms with E-state index < -0.39 is 0 Å². The predicted octanol–water partition coefficient (Wildman–Crippen LogP) is 8.99. The van der Waals surface area contributed by atoms with Crippen LogP contribution in [0.5, 0.6) is 0 Å². The van der Waals surface area contributed by atoms with E-state index in [1.165, 1.54) is 81.1 Å². The van der Waals surface area contributed by atoms with Crippen molar-refractivity contribution in [2.24, 2.45) is 0 Å². The summed E-state index contributed by atoms with van der Waals surface area (Å²) in [4.78, 5) is 2.58. The van der Waals surface area contributed by atoms with Crippen molar-refractivity contribution in [3.63, 3.8) is 0 Å². The lowest BCUT2D eigenvalue weighted by Crippen LogP contribution is -2.31. The van der Waals surface area contributed by atoms with Crippen LogP contribution in [0.3, 0.4) is 0 Å². The van der Waals surface area contributed by atoms with Crippen molar-refractivity contribution in [1.29, 1.82) is 0 Å². The molecular formula is C27H49N. The van der Waals surface area contributed by atoms with Gasteiger partial charge in [-0.15, -0.1) is 0 Å². The Bertz CT molecular complexity index is 490. The van der Waals surface area contributed by atoms with Crippen LogP contribution in [0.4, 0.5) is 0 Å². The number of hydrogen-bond acceptors (Lipinski definition) is 1. The van der Waals surface area contributed by atoms with Gasteiger partial charge in [0.25, 0.3) is 0 Å². The molecule has 0 aliphatic heterocycles. The molecule has 0 rings (SSSR count). The Kier molecular flexibility index (Phi) is 17.0. The number of hydrogen-bond donors (Lipinski definition) is 0. The molecule has 0 N–H and O–H groups in total. The molecular weight excluding hydrogens is 338 g/mol. The molecule has 0 saturated carbocycles. The Morgan fingerprint density at radius 1 is 0.786 bits per heavy atom. The molecule has 0 heterocycles. The summed E-state index contributed by atoms with van der Waals surface area (Å²) >= 11 is 0. The van der Waals surface area contributed by atoms with E-state index >= 15 is 0 Å². The van der Waals surface area contributed by atoms with E-state index in [1.54, 1.807) is 0 Å². The zero-order valence-electron chi connectivity index (χ0n) is 20.2. The van der Waals surface area contributed by atoms with E-state index in [2.05, 4.69) is 83.7 Å². The molecule has 0 saturated heterocycles. The predicted molar refractivity (Wildman–Crippen MR) is 130 cm³/mol. The lowest BCUT2D eigenvalue weighted by Gasteiger charge is -2.32. The molecule has 0 aromatic carbocycles. The van der Waals surface area contributed by atoms with Gasteiger partial charge in [0.2, 0.25) is 0 Å². The van der Waals surface area contributed by atoms with Crippen LogP contribution >= 0.6 is 0 Å². The molecule has 0 fully saturated rings. The van der Waals surface area contributed by atoms with Gasteiger partial charge in [0.15, 0.2) is 0 Å². The van der Waals surface area contributed by atoms with Crippen LogP contribution in [0.1, 0.15) is 113 Å². The molecule has 0 aromatic heterocycles. The fraction of sp³-hybridized carbons (Fsp3) is 0.704. The van der Waals surface area contributed by atoms with Crippen molar-refractivity contribution in [2.75, 3.05) is 6.54 Å². The average Bonchev–Trinajstić information content (AvgIpc) is 2.66. The molecule has 162 valence electrons. The van der Waals surface area contributed by atoms with E-state index in [4.69, 9.17) is 0 Å². The SMILES string of the molecule is C/C=C(/C(C)=C/C=C(C)\C=C\C)N(CCCCCCCCCCCC)C(C)C. The fourth-order valence-electron chi connectivity index (χ4n) is 3.71. The maximum Gasteiger partial charge on any atom is 0.0354 e. The average molecular weight is 388 g/mol. The second-order valence-corrected chi connectivity index (χ2v) is 8.40. The summed E-state index contributed by atoms with van der Waals surface area (Å²) in [6.45, 7) is 16.7. The zero-order chi connectivity index (χ0) is 21.2. The first kappa shape index (κ1) is 26.8. The molecule has 0 atom stereocenters. The van der Waals surface area contributed by atoms with Gasteiger partial charge in [0, 0.05) is 18.3 Å². The first-order valence-electron chi connectivity index (χ1n) is 11.9. The van der Waals surface area contributed by atoms with Gasteiger partial charge >= 0.3 is 0 Å². The molecule has 1 heteroatoms. The Balaban J connectivity index is 4.41. The lowest BCUT2D eigenvalue weighted by molar-refractivity contribution is 0.280.